The summed E-state index contributed by atoms with van der Waals surface area (Å²) in [6.45, 7) is 0. The number of aldehydes is 1. The van der Waals surface area contributed by atoms with Crippen molar-refractivity contribution in [1.29, 1.82) is 0 Å². The van der Waals surface area contributed by atoms with Crippen molar-refractivity contribution in [2.75, 3.05) is 5.32 Å². The van der Waals surface area contributed by atoms with E-state index in [0.29, 0.717) is 10.6 Å². The second-order valence-corrected chi connectivity index (χ2v) is 6.37. The number of nitrogens with one attached hydrogen (secondary N) is 1. The number of aromatic nitrogens is 1. The van der Waals surface area contributed by atoms with Gasteiger partial charge in [0.2, 0.25) is 0 Å². The highest BCUT2D eigenvalue weighted by molar-refractivity contribution is 6.31. The number of halogens is 1. The van der Waals surface area contributed by atoms with Crippen LogP contribution in [-0.2, 0) is 0 Å². The molecule has 0 aliphatic rings. The molecule has 4 aromatic rings. The van der Waals surface area contributed by atoms with Gasteiger partial charge in [0.05, 0.1) is 5.52 Å². The third kappa shape index (κ3) is 3.17. The Morgan fingerprint density at radius 3 is 2.69 bits per heavy atom. The summed E-state index contributed by atoms with van der Waals surface area (Å²) in [5.41, 5.74) is 5.30. The van der Waals surface area contributed by atoms with Gasteiger partial charge in [-0.25, -0.2) is 0 Å². The zero-order valence-corrected chi connectivity index (χ0v) is 14.6. The van der Waals surface area contributed by atoms with Gasteiger partial charge in [-0.15, -0.1) is 0 Å². The van der Waals surface area contributed by atoms with E-state index in [-0.39, 0.29) is 0 Å². The van der Waals surface area contributed by atoms with E-state index >= 15 is 0 Å². The number of anilines is 2. The number of pyridine rings is 1. The van der Waals surface area contributed by atoms with Crippen LogP contribution in [0.2, 0.25) is 5.02 Å². The molecule has 26 heavy (non-hydrogen) atoms. The highest BCUT2D eigenvalue weighted by atomic mass is 35.5. The predicted octanol–water partition coefficient (Wildman–Crippen LogP) is 6.11. The highest BCUT2D eigenvalue weighted by Crippen LogP contribution is 2.30. The van der Waals surface area contributed by atoms with Gasteiger partial charge in [0.1, 0.15) is 0 Å². The average Bonchev–Trinajstić information content (AvgIpc) is 2.68. The summed E-state index contributed by atoms with van der Waals surface area (Å²) in [5, 5.41) is 5.10. The summed E-state index contributed by atoms with van der Waals surface area (Å²) in [4.78, 5) is 15.7. The van der Waals surface area contributed by atoms with E-state index in [1.54, 1.807) is 6.20 Å². The normalized spacial score (nSPS) is 10.7. The van der Waals surface area contributed by atoms with Gasteiger partial charge < -0.3 is 5.32 Å². The van der Waals surface area contributed by atoms with Gasteiger partial charge in [0.25, 0.3) is 0 Å². The molecule has 0 aliphatic heterocycles. The van der Waals surface area contributed by atoms with Crippen molar-refractivity contribution < 1.29 is 4.79 Å². The summed E-state index contributed by atoms with van der Waals surface area (Å²) >= 11 is 6.06. The summed E-state index contributed by atoms with van der Waals surface area (Å²) in [6, 6.07) is 23.2. The lowest BCUT2D eigenvalue weighted by molar-refractivity contribution is 0.112. The fraction of sp³-hybridized carbons (Fsp3) is 0. The number of hydrogen-bond acceptors (Lipinski definition) is 3. The molecular formula is C22H15ClN2O. The first-order chi connectivity index (χ1) is 12.7. The van der Waals surface area contributed by atoms with E-state index in [1.807, 2.05) is 72.8 Å². The third-order valence-electron chi connectivity index (χ3n) is 4.25. The molecule has 126 valence electrons. The zero-order chi connectivity index (χ0) is 17.9. The van der Waals surface area contributed by atoms with Crippen LogP contribution in [0.1, 0.15) is 10.4 Å². The lowest BCUT2D eigenvalue weighted by atomic mass is 10.00. The molecule has 0 bridgehead atoms. The van der Waals surface area contributed by atoms with Crippen LogP contribution in [0, 0.1) is 0 Å². The number of rotatable bonds is 4. The maximum atomic E-state index is 11.3. The molecule has 0 fully saturated rings. The van der Waals surface area contributed by atoms with E-state index in [2.05, 4.69) is 10.3 Å². The van der Waals surface area contributed by atoms with Crippen molar-refractivity contribution in [3.05, 3.63) is 89.6 Å². The van der Waals surface area contributed by atoms with E-state index in [9.17, 15) is 4.79 Å². The lowest BCUT2D eigenvalue weighted by Crippen LogP contribution is -1.94. The predicted molar refractivity (Wildman–Crippen MR) is 107 cm³/mol. The van der Waals surface area contributed by atoms with Gasteiger partial charge >= 0.3 is 0 Å². The number of nitrogens with zero attached hydrogens (tertiary/aromatic N) is 1. The number of carbonyl (C=O) groups excluding carboxylic acids is 1. The van der Waals surface area contributed by atoms with Crippen LogP contribution in [0.25, 0.3) is 22.0 Å². The molecule has 0 radical (unpaired) electrons. The van der Waals surface area contributed by atoms with E-state index < -0.39 is 0 Å². The van der Waals surface area contributed by atoms with Gasteiger partial charge in [-0.3, -0.25) is 9.78 Å². The SMILES string of the molecule is O=Cc1ccccc1-c1cccc(Nc2ccnc3cc(Cl)ccc23)c1. The van der Waals surface area contributed by atoms with Crippen LogP contribution in [0.4, 0.5) is 11.4 Å². The number of benzene rings is 3. The van der Waals surface area contributed by atoms with Crippen molar-refractivity contribution in [1.82, 2.24) is 4.98 Å². The molecule has 0 saturated carbocycles. The number of fused-ring (bicyclic) bond motifs is 1. The molecule has 0 amide bonds. The van der Waals surface area contributed by atoms with Crippen LogP contribution < -0.4 is 5.32 Å². The Labute approximate surface area is 156 Å². The van der Waals surface area contributed by atoms with E-state index in [1.165, 1.54) is 0 Å². The van der Waals surface area contributed by atoms with Crippen LogP contribution in [0.3, 0.4) is 0 Å². The van der Waals surface area contributed by atoms with Gasteiger partial charge in [0, 0.05) is 33.5 Å². The first-order valence-electron chi connectivity index (χ1n) is 8.20. The minimum atomic E-state index is 0.662. The van der Waals surface area contributed by atoms with Crippen molar-refractivity contribution in [2.24, 2.45) is 0 Å². The Balaban J connectivity index is 1.73. The van der Waals surface area contributed by atoms with Crippen LogP contribution >= 0.6 is 11.6 Å². The van der Waals surface area contributed by atoms with Gasteiger partial charge in [-0.05, 0) is 47.5 Å². The maximum absolute atomic E-state index is 11.3. The van der Waals surface area contributed by atoms with Crippen molar-refractivity contribution >= 4 is 40.2 Å². The number of carbonyl (C=O) groups is 1. The molecule has 1 N–H and O–H groups in total. The largest absolute Gasteiger partial charge is 0.355 e. The summed E-state index contributed by atoms with van der Waals surface area (Å²) in [5.74, 6) is 0. The molecular weight excluding hydrogens is 344 g/mol. The Hall–Kier alpha value is -3.17. The topological polar surface area (TPSA) is 42.0 Å². The van der Waals surface area contributed by atoms with Gasteiger partial charge in [-0.1, -0.05) is 48.0 Å². The van der Waals surface area contributed by atoms with E-state index in [0.717, 1.165) is 39.7 Å². The van der Waals surface area contributed by atoms with Crippen LogP contribution in [0.15, 0.2) is 79.0 Å². The maximum Gasteiger partial charge on any atom is 0.150 e. The number of hydrogen-bond donors (Lipinski definition) is 1. The lowest BCUT2D eigenvalue weighted by Gasteiger charge is -2.12. The third-order valence-corrected chi connectivity index (χ3v) is 4.48. The minimum absolute atomic E-state index is 0.662. The Morgan fingerprint density at radius 2 is 1.81 bits per heavy atom. The Morgan fingerprint density at radius 1 is 0.923 bits per heavy atom. The first-order valence-corrected chi connectivity index (χ1v) is 8.58. The summed E-state index contributed by atoms with van der Waals surface area (Å²) in [7, 11) is 0. The second kappa shape index (κ2) is 6.98. The quantitative estimate of drug-likeness (QED) is 0.447. The molecule has 0 atom stereocenters. The van der Waals surface area contributed by atoms with Crippen LogP contribution in [-0.4, -0.2) is 11.3 Å². The Bertz CT molecular complexity index is 1110. The van der Waals surface area contributed by atoms with Crippen molar-refractivity contribution in [3.8, 4) is 11.1 Å². The highest BCUT2D eigenvalue weighted by Gasteiger charge is 2.07. The molecule has 3 aromatic carbocycles. The fourth-order valence-electron chi connectivity index (χ4n) is 3.01. The van der Waals surface area contributed by atoms with Gasteiger partial charge in [-0.2, -0.15) is 0 Å². The Kier molecular flexibility index (Phi) is 4.38. The molecule has 1 heterocycles. The smallest absolute Gasteiger partial charge is 0.150 e. The molecule has 0 unspecified atom stereocenters. The fourth-order valence-corrected chi connectivity index (χ4v) is 3.18. The first kappa shape index (κ1) is 16.3. The minimum Gasteiger partial charge on any atom is -0.355 e. The zero-order valence-electron chi connectivity index (χ0n) is 13.8. The van der Waals surface area contributed by atoms with Crippen molar-refractivity contribution in [3.63, 3.8) is 0 Å². The molecule has 4 heteroatoms. The molecule has 0 aliphatic carbocycles. The van der Waals surface area contributed by atoms with Crippen LogP contribution in [0.5, 0.6) is 0 Å². The molecule has 3 nitrogen and oxygen atoms in total. The standard InChI is InChI=1S/C22H15ClN2O/c23-17-8-9-20-21(10-11-24-22(20)13-17)25-18-6-3-5-15(12-18)19-7-2-1-4-16(19)14-26/h1-14H,(H,24,25). The molecule has 4 rings (SSSR count). The summed E-state index contributed by atoms with van der Waals surface area (Å²) in [6.07, 6.45) is 2.64. The monoisotopic (exact) mass is 358 g/mol. The molecule has 0 saturated heterocycles. The van der Waals surface area contributed by atoms with Crippen molar-refractivity contribution in [2.45, 2.75) is 0 Å². The summed E-state index contributed by atoms with van der Waals surface area (Å²) < 4.78 is 0. The molecule has 0 spiro atoms. The molecule has 1 aromatic heterocycles. The van der Waals surface area contributed by atoms with E-state index in [4.69, 9.17) is 11.6 Å². The second-order valence-electron chi connectivity index (χ2n) is 5.93. The van der Waals surface area contributed by atoms with Gasteiger partial charge in [0.15, 0.2) is 6.29 Å². The average molecular weight is 359 g/mol.